The zero-order valence-electron chi connectivity index (χ0n) is 12.2. The van der Waals surface area contributed by atoms with E-state index in [-0.39, 0.29) is 5.91 Å². The van der Waals surface area contributed by atoms with Gasteiger partial charge in [0.25, 0.3) is 0 Å². The van der Waals surface area contributed by atoms with Crippen molar-refractivity contribution in [2.75, 3.05) is 13.1 Å². The molecule has 0 N–H and O–H groups in total. The number of likely N-dealkylation sites (tertiary alicyclic amines) is 1. The summed E-state index contributed by atoms with van der Waals surface area (Å²) in [6.45, 7) is 1.78. The summed E-state index contributed by atoms with van der Waals surface area (Å²) in [5.74, 6) is 0.765. The van der Waals surface area contributed by atoms with E-state index in [1.54, 1.807) is 11.3 Å². The van der Waals surface area contributed by atoms with E-state index in [0.717, 1.165) is 19.5 Å². The highest BCUT2D eigenvalue weighted by Crippen LogP contribution is 2.26. The molecule has 1 saturated heterocycles. The summed E-state index contributed by atoms with van der Waals surface area (Å²) in [7, 11) is 0. The van der Waals surface area contributed by atoms with Crippen LogP contribution in [0.15, 0.2) is 47.8 Å². The number of rotatable bonds is 3. The molecule has 2 aromatic rings. The number of amides is 1. The maximum absolute atomic E-state index is 12.5. The lowest BCUT2D eigenvalue weighted by molar-refractivity contribution is -0.130. The summed E-state index contributed by atoms with van der Waals surface area (Å²) >= 11 is 1.67. The second kappa shape index (κ2) is 6.90. The Morgan fingerprint density at radius 2 is 2.00 bits per heavy atom. The quantitative estimate of drug-likeness (QED) is 0.836. The van der Waals surface area contributed by atoms with Gasteiger partial charge in [-0.05, 0) is 29.9 Å². The van der Waals surface area contributed by atoms with Crippen molar-refractivity contribution in [2.24, 2.45) is 0 Å². The molecular formula is C18H21NOS. The first-order chi connectivity index (χ1) is 10.3. The molecule has 1 aliphatic heterocycles. The van der Waals surface area contributed by atoms with Gasteiger partial charge >= 0.3 is 0 Å². The predicted molar refractivity (Wildman–Crippen MR) is 87.6 cm³/mol. The zero-order valence-corrected chi connectivity index (χ0v) is 13.0. The lowest BCUT2D eigenvalue weighted by atomic mass is 9.94. The van der Waals surface area contributed by atoms with Gasteiger partial charge in [0.2, 0.25) is 5.91 Å². The zero-order chi connectivity index (χ0) is 14.5. The monoisotopic (exact) mass is 299 g/mol. The maximum Gasteiger partial charge on any atom is 0.227 e. The third-order valence-corrected chi connectivity index (χ3v) is 5.08. The molecule has 110 valence electrons. The fourth-order valence-corrected chi connectivity index (χ4v) is 3.74. The number of benzene rings is 1. The van der Waals surface area contributed by atoms with Gasteiger partial charge in [0.05, 0.1) is 6.42 Å². The fraction of sp³-hybridized carbons (Fsp3) is 0.389. The van der Waals surface area contributed by atoms with Crippen molar-refractivity contribution in [1.29, 1.82) is 0 Å². The molecule has 1 aliphatic rings. The topological polar surface area (TPSA) is 20.3 Å². The van der Waals surface area contributed by atoms with Crippen LogP contribution in [0.1, 0.15) is 35.6 Å². The highest BCUT2D eigenvalue weighted by atomic mass is 32.1. The number of hydrogen-bond donors (Lipinski definition) is 0. The first kappa shape index (κ1) is 14.3. The van der Waals surface area contributed by atoms with Crippen molar-refractivity contribution < 1.29 is 4.79 Å². The minimum atomic E-state index is 0.278. The Balaban J connectivity index is 1.68. The van der Waals surface area contributed by atoms with Crippen molar-refractivity contribution in [3.63, 3.8) is 0 Å². The molecule has 1 aromatic carbocycles. The molecule has 3 heteroatoms. The molecule has 1 amide bonds. The van der Waals surface area contributed by atoms with Crippen LogP contribution in [0.25, 0.3) is 0 Å². The molecule has 1 atom stereocenters. The molecule has 0 bridgehead atoms. The van der Waals surface area contributed by atoms with Gasteiger partial charge < -0.3 is 4.90 Å². The molecule has 1 aromatic heterocycles. The molecule has 2 heterocycles. The maximum atomic E-state index is 12.5. The number of carbonyl (C=O) groups excluding carboxylic acids is 1. The minimum absolute atomic E-state index is 0.278. The predicted octanol–water partition coefficient (Wildman–Crippen LogP) is 4.09. The molecule has 1 unspecified atom stereocenters. The largest absolute Gasteiger partial charge is 0.342 e. The van der Waals surface area contributed by atoms with Crippen LogP contribution in [0, 0.1) is 0 Å². The summed E-state index contributed by atoms with van der Waals surface area (Å²) < 4.78 is 0. The molecule has 0 radical (unpaired) electrons. The second-order valence-electron chi connectivity index (χ2n) is 5.70. The van der Waals surface area contributed by atoms with Gasteiger partial charge in [-0.25, -0.2) is 0 Å². The van der Waals surface area contributed by atoms with E-state index >= 15 is 0 Å². The SMILES string of the molecule is O=C(Cc1cccs1)N1CCCCC(c2ccccc2)C1. The molecule has 21 heavy (non-hydrogen) atoms. The molecule has 3 rings (SSSR count). The van der Waals surface area contributed by atoms with E-state index in [1.807, 2.05) is 11.4 Å². The van der Waals surface area contributed by atoms with Crippen LogP contribution >= 0.6 is 11.3 Å². The molecule has 0 aliphatic carbocycles. The lowest BCUT2D eigenvalue weighted by Gasteiger charge is -2.24. The number of carbonyl (C=O) groups is 1. The average Bonchev–Trinajstić information content (AvgIpc) is 2.89. The van der Waals surface area contributed by atoms with Gasteiger partial charge in [0.1, 0.15) is 0 Å². The standard InChI is InChI=1S/C18H21NOS/c20-18(13-17-10-6-12-21-17)19-11-5-4-9-16(14-19)15-7-2-1-3-8-15/h1-3,6-8,10,12,16H,4-5,9,11,13-14H2. The summed E-state index contributed by atoms with van der Waals surface area (Å²) in [6.07, 6.45) is 4.08. The molecule has 0 spiro atoms. The van der Waals surface area contributed by atoms with Crippen molar-refractivity contribution in [3.05, 3.63) is 58.3 Å². The molecule has 2 nitrogen and oxygen atoms in total. The van der Waals surface area contributed by atoms with Crippen LogP contribution in [0.3, 0.4) is 0 Å². The Morgan fingerprint density at radius 1 is 1.14 bits per heavy atom. The first-order valence-corrected chi connectivity index (χ1v) is 8.56. The summed E-state index contributed by atoms with van der Waals surface area (Å²) in [4.78, 5) is 15.8. The van der Waals surface area contributed by atoms with Gasteiger partial charge in [0, 0.05) is 23.9 Å². The smallest absolute Gasteiger partial charge is 0.227 e. The second-order valence-corrected chi connectivity index (χ2v) is 6.73. The third-order valence-electron chi connectivity index (χ3n) is 4.20. The van der Waals surface area contributed by atoms with Crippen LogP contribution in [0.2, 0.25) is 0 Å². The van der Waals surface area contributed by atoms with E-state index in [2.05, 4.69) is 41.3 Å². The van der Waals surface area contributed by atoms with Gasteiger partial charge in [-0.15, -0.1) is 11.3 Å². The number of nitrogens with zero attached hydrogens (tertiary/aromatic N) is 1. The van der Waals surface area contributed by atoms with Crippen LogP contribution in [0.4, 0.5) is 0 Å². The van der Waals surface area contributed by atoms with Crippen LogP contribution in [0.5, 0.6) is 0 Å². The van der Waals surface area contributed by atoms with Gasteiger partial charge in [-0.2, -0.15) is 0 Å². The van der Waals surface area contributed by atoms with Gasteiger partial charge in [-0.3, -0.25) is 4.79 Å². The van der Waals surface area contributed by atoms with Crippen LogP contribution in [-0.4, -0.2) is 23.9 Å². The molecular weight excluding hydrogens is 278 g/mol. The molecule has 0 saturated carbocycles. The van der Waals surface area contributed by atoms with E-state index in [0.29, 0.717) is 12.3 Å². The summed E-state index contributed by atoms with van der Waals surface area (Å²) in [6, 6.07) is 14.7. The summed E-state index contributed by atoms with van der Waals surface area (Å²) in [5.41, 5.74) is 1.37. The number of hydrogen-bond acceptors (Lipinski definition) is 2. The Bertz CT molecular complexity index is 564. The Hall–Kier alpha value is -1.61. The van der Waals surface area contributed by atoms with E-state index < -0.39 is 0 Å². The van der Waals surface area contributed by atoms with E-state index in [4.69, 9.17) is 0 Å². The van der Waals surface area contributed by atoms with Crippen molar-refractivity contribution in [3.8, 4) is 0 Å². The highest BCUT2D eigenvalue weighted by molar-refractivity contribution is 7.10. The Labute approximate surface area is 130 Å². The average molecular weight is 299 g/mol. The third kappa shape index (κ3) is 3.73. The van der Waals surface area contributed by atoms with Crippen molar-refractivity contribution >= 4 is 17.2 Å². The Morgan fingerprint density at radius 3 is 2.76 bits per heavy atom. The normalized spacial score (nSPS) is 19.2. The Kier molecular flexibility index (Phi) is 4.71. The summed E-state index contributed by atoms with van der Waals surface area (Å²) in [5, 5.41) is 2.04. The van der Waals surface area contributed by atoms with Crippen molar-refractivity contribution in [1.82, 2.24) is 4.90 Å². The highest BCUT2D eigenvalue weighted by Gasteiger charge is 2.23. The fourth-order valence-electron chi connectivity index (χ4n) is 3.04. The van der Waals surface area contributed by atoms with E-state index in [9.17, 15) is 4.79 Å². The lowest BCUT2D eigenvalue weighted by Crippen LogP contribution is -2.35. The van der Waals surface area contributed by atoms with Crippen LogP contribution in [-0.2, 0) is 11.2 Å². The first-order valence-electron chi connectivity index (χ1n) is 7.68. The van der Waals surface area contributed by atoms with Gasteiger partial charge in [-0.1, -0.05) is 42.8 Å². The van der Waals surface area contributed by atoms with Crippen LogP contribution < -0.4 is 0 Å². The minimum Gasteiger partial charge on any atom is -0.342 e. The van der Waals surface area contributed by atoms with E-state index in [1.165, 1.54) is 23.3 Å². The van der Waals surface area contributed by atoms with Gasteiger partial charge in [0.15, 0.2) is 0 Å². The van der Waals surface area contributed by atoms with Crippen molar-refractivity contribution in [2.45, 2.75) is 31.6 Å². The molecule has 1 fully saturated rings. The number of thiophene rings is 1.